The Morgan fingerprint density at radius 2 is 1.74 bits per heavy atom. The predicted molar refractivity (Wildman–Crippen MR) is 128 cm³/mol. The van der Waals surface area contributed by atoms with Gasteiger partial charge < -0.3 is 5.32 Å². The van der Waals surface area contributed by atoms with Crippen LogP contribution < -0.4 is 5.32 Å². The highest BCUT2D eigenvalue weighted by Gasteiger charge is 2.23. The molecule has 0 aromatic heterocycles. The van der Waals surface area contributed by atoms with Crippen LogP contribution in [0, 0.1) is 6.92 Å². The summed E-state index contributed by atoms with van der Waals surface area (Å²) in [4.78, 5) is 14.6. The molecule has 31 heavy (non-hydrogen) atoms. The van der Waals surface area contributed by atoms with Crippen molar-refractivity contribution in [1.29, 1.82) is 0 Å². The molecule has 1 amide bonds. The number of nitrogens with zero attached hydrogens (tertiary/aromatic N) is 2. The molecular weight excluding hydrogens is 430 g/mol. The molecule has 2 aromatic carbocycles. The summed E-state index contributed by atoms with van der Waals surface area (Å²) in [6, 6.07) is 16.2. The Balaban J connectivity index is 1.37. The molecule has 1 saturated heterocycles. The van der Waals surface area contributed by atoms with E-state index in [9.17, 15) is 13.2 Å². The van der Waals surface area contributed by atoms with Crippen molar-refractivity contribution in [3.8, 4) is 0 Å². The molecule has 3 rings (SSSR count). The van der Waals surface area contributed by atoms with Crippen molar-refractivity contribution in [1.82, 2.24) is 14.5 Å². The number of sulfonamides is 1. The Morgan fingerprint density at radius 3 is 2.39 bits per heavy atom. The van der Waals surface area contributed by atoms with Gasteiger partial charge >= 0.3 is 0 Å². The van der Waals surface area contributed by atoms with Gasteiger partial charge in [-0.25, -0.2) is 8.42 Å². The first-order valence-electron chi connectivity index (χ1n) is 10.5. The van der Waals surface area contributed by atoms with Crippen LogP contribution in [0.5, 0.6) is 0 Å². The van der Waals surface area contributed by atoms with E-state index < -0.39 is 10.0 Å². The van der Waals surface area contributed by atoms with Gasteiger partial charge in [0.05, 0.1) is 6.26 Å². The molecule has 0 atom stereocenters. The number of piperazine rings is 1. The quantitative estimate of drug-likeness (QED) is 0.582. The molecule has 0 bridgehead atoms. The molecule has 0 radical (unpaired) electrons. The van der Waals surface area contributed by atoms with Crippen LogP contribution in [-0.2, 0) is 22.3 Å². The minimum Gasteiger partial charge on any atom is -0.351 e. The second-order valence-corrected chi connectivity index (χ2v) is 11.0. The smallest absolute Gasteiger partial charge is 0.251 e. The minimum absolute atomic E-state index is 0.0514. The van der Waals surface area contributed by atoms with E-state index in [1.807, 2.05) is 36.0 Å². The molecule has 1 aliphatic heterocycles. The average molecular weight is 462 g/mol. The topological polar surface area (TPSA) is 69.7 Å². The number of hydrogen-bond acceptors (Lipinski definition) is 5. The summed E-state index contributed by atoms with van der Waals surface area (Å²) in [5, 5.41) is 2.98. The van der Waals surface area contributed by atoms with Crippen molar-refractivity contribution in [3.63, 3.8) is 0 Å². The molecule has 0 aliphatic carbocycles. The van der Waals surface area contributed by atoms with E-state index in [-0.39, 0.29) is 5.91 Å². The Morgan fingerprint density at radius 1 is 1.03 bits per heavy atom. The molecule has 1 aliphatic rings. The van der Waals surface area contributed by atoms with Gasteiger partial charge in [0.1, 0.15) is 0 Å². The Labute approximate surface area is 190 Å². The number of nitrogens with one attached hydrogen (secondary N) is 1. The highest BCUT2D eigenvalue weighted by Crippen LogP contribution is 2.14. The molecule has 2 aromatic rings. The van der Waals surface area contributed by atoms with E-state index in [0.29, 0.717) is 25.2 Å². The zero-order valence-corrected chi connectivity index (χ0v) is 19.8. The molecule has 1 heterocycles. The zero-order chi connectivity index (χ0) is 22.3. The summed E-state index contributed by atoms with van der Waals surface area (Å²) >= 11 is 1.81. The Bertz CT molecular complexity index is 970. The largest absolute Gasteiger partial charge is 0.351 e. The molecule has 6 nitrogen and oxygen atoms in total. The number of aryl methyl sites for hydroxylation is 1. The standard InChI is InChI=1S/C23H31N3O3S2/c1-19-4-3-5-21(16-19)18-30-15-10-24-23(27)22-8-6-20(7-9-22)17-25-11-13-26(14-12-25)31(2,28)29/h3-9,16H,10-15,17-18H2,1-2H3,(H,24,27). The van der Waals surface area contributed by atoms with Gasteiger partial charge in [0, 0.05) is 56.3 Å². The average Bonchev–Trinajstić information content (AvgIpc) is 2.74. The molecule has 0 spiro atoms. The van der Waals surface area contributed by atoms with Crippen LogP contribution in [0.2, 0.25) is 0 Å². The lowest BCUT2D eigenvalue weighted by Gasteiger charge is -2.33. The summed E-state index contributed by atoms with van der Waals surface area (Å²) in [7, 11) is -3.10. The maximum Gasteiger partial charge on any atom is 0.251 e. The second-order valence-electron chi connectivity index (χ2n) is 7.93. The molecular formula is C23H31N3O3S2. The first kappa shape index (κ1) is 23.8. The van der Waals surface area contributed by atoms with Crippen LogP contribution in [0.4, 0.5) is 0 Å². The van der Waals surface area contributed by atoms with E-state index in [1.54, 1.807) is 0 Å². The van der Waals surface area contributed by atoms with Crippen LogP contribution in [0.1, 0.15) is 27.0 Å². The third-order valence-electron chi connectivity index (χ3n) is 5.31. The fourth-order valence-electron chi connectivity index (χ4n) is 3.57. The summed E-state index contributed by atoms with van der Waals surface area (Å²) in [5.74, 6) is 1.77. The normalized spacial score (nSPS) is 15.7. The first-order chi connectivity index (χ1) is 14.8. The number of benzene rings is 2. The van der Waals surface area contributed by atoms with Crippen molar-refractivity contribution in [2.24, 2.45) is 0 Å². The number of carbonyl (C=O) groups excluding carboxylic acids is 1. The fraction of sp³-hybridized carbons (Fsp3) is 0.435. The monoisotopic (exact) mass is 461 g/mol. The first-order valence-corrected chi connectivity index (χ1v) is 13.5. The summed E-state index contributed by atoms with van der Waals surface area (Å²) < 4.78 is 24.7. The highest BCUT2D eigenvalue weighted by atomic mass is 32.2. The number of rotatable bonds is 9. The van der Waals surface area contributed by atoms with Gasteiger partial charge in [0.25, 0.3) is 5.91 Å². The third-order valence-corrected chi connectivity index (χ3v) is 7.64. The van der Waals surface area contributed by atoms with Crippen molar-refractivity contribution in [2.45, 2.75) is 19.2 Å². The Kier molecular flexibility index (Phi) is 8.54. The lowest BCUT2D eigenvalue weighted by atomic mass is 10.1. The number of amides is 1. The number of thioether (sulfide) groups is 1. The summed E-state index contributed by atoms with van der Waals surface area (Å²) in [5.41, 5.74) is 4.36. The van der Waals surface area contributed by atoms with Gasteiger partial charge in [0.2, 0.25) is 10.0 Å². The van der Waals surface area contributed by atoms with Crippen LogP contribution in [0.3, 0.4) is 0 Å². The summed E-state index contributed by atoms with van der Waals surface area (Å²) in [6.45, 7) is 5.99. The number of hydrogen-bond donors (Lipinski definition) is 1. The number of carbonyl (C=O) groups is 1. The minimum atomic E-state index is -3.10. The van der Waals surface area contributed by atoms with Gasteiger partial charge in [-0.3, -0.25) is 9.69 Å². The van der Waals surface area contributed by atoms with Crippen molar-refractivity contribution < 1.29 is 13.2 Å². The lowest BCUT2D eigenvalue weighted by Crippen LogP contribution is -2.47. The molecule has 0 unspecified atom stereocenters. The zero-order valence-electron chi connectivity index (χ0n) is 18.2. The van der Waals surface area contributed by atoms with E-state index in [1.165, 1.54) is 21.7 Å². The predicted octanol–water partition coefficient (Wildman–Crippen LogP) is 2.74. The molecule has 0 saturated carbocycles. The lowest BCUT2D eigenvalue weighted by molar-refractivity contribution is 0.0956. The highest BCUT2D eigenvalue weighted by molar-refractivity contribution is 7.98. The SMILES string of the molecule is Cc1cccc(CSCCNC(=O)c2ccc(CN3CCN(S(C)(=O)=O)CC3)cc2)c1. The van der Waals surface area contributed by atoms with E-state index in [2.05, 4.69) is 41.4 Å². The third kappa shape index (κ3) is 7.64. The molecule has 168 valence electrons. The van der Waals surface area contributed by atoms with Crippen LogP contribution in [0.25, 0.3) is 0 Å². The van der Waals surface area contributed by atoms with E-state index in [4.69, 9.17) is 0 Å². The molecule has 1 fully saturated rings. The van der Waals surface area contributed by atoms with Gasteiger partial charge in [-0.15, -0.1) is 0 Å². The van der Waals surface area contributed by atoms with Gasteiger partial charge in [-0.2, -0.15) is 16.1 Å². The molecule has 8 heteroatoms. The van der Waals surface area contributed by atoms with Crippen LogP contribution in [0.15, 0.2) is 48.5 Å². The molecule has 1 N–H and O–H groups in total. The Hall–Kier alpha value is -1.87. The van der Waals surface area contributed by atoms with Crippen LogP contribution in [-0.4, -0.2) is 68.3 Å². The van der Waals surface area contributed by atoms with E-state index in [0.717, 1.165) is 36.7 Å². The van der Waals surface area contributed by atoms with Gasteiger partial charge in [0.15, 0.2) is 0 Å². The van der Waals surface area contributed by atoms with Crippen molar-refractivity contribution in [2.75, 3.05) is 44.7 Å². The fourth-order valence-corrected chi connectivity index (χ4v) is 5.20. The van der Waals surface area contributed by atoms with Crippen molar-refractivity contribution in [3.05, 3.63) is 70.8 Å². The second kappa shape index (κ2) is 11.1. The van der Waals surface area contributed by atoms with Gasteiger partial charge in [-0.1, -0.05) is 42.0 Å². The van der Waals surface area contributed by atoms with Crippen LogP contribution >= 0.6 is 11.8 Å². The van der Waals surface area contributed by atoms with Crippen molar-refractivity contribution >= 4 is 27.7 Å². The van der Waals surface area contributed by atoms with Gasteiger partial charge in [-0.05, 0) is 30.2 Å². The maximum atomic E-state index is 12.4. The maximum absolute atomic E-state index is 12.4. The van der Waals surface area contributed by atoms with E-state index >= 15 is 0 Å². The summed E-state index contributed by atoms with van der Waals surface area (Å²) in [6.07, 6.45) is 1.26.